The van der Waals surface area contributed by atoms with E-state index in [9.17, 15) is 25.9 Å². The Kier molecular flexibility index (Phi) is 13.6. The molecule has 2 atom stereocenters. The van der Waals surface area contributed by atoms with Crippen LogP contribution in [0.4, 0.5) is 0 Å². The van der Waals surface area contributed by atoms with Gasteiger partial charge in [-0.1, -0.05) is 146 Å². The molecule has 2 aromatic heterocycles. The summed E-state index contributed by atoms with van der Waals surface area (Å²) in [6, 6.07) is 55.0. The van der Waals surface area contributed by atoms with Crippen LogP contribution in [0.25, 0.3) is 22.6 Å². The number of benzene rings is 6. The van der Waals surface area contributed by atoms with Gasteiger partial charge in [-0.3, -0.25) is 0 Å². The molecule has 0 aliphatic heterocycles. The molecule has 8 aromatic rings. The predicted octanol–water partition coefficient (Wildman–Crippen LogP) is 7.22. The minimum atomic E-state index is -4.62. The van der Waals surface area contributed by atoms with Crippen LogP contribution in [0.5, 0.6) is 0 Å². The monoisotopic (exact) mass is 872 g/mol. The number of hydrogen-bond donors (Lipinski definition) is 0. The van der Waals surface area contributed by atoms with E-state index < -0.39 is 36.1 Å². The standard InChI is InChI=1S/2C22H17O4PS.Ni/c2*23-28(24,25)22-15-7-6-14-21(22)27(17-9-2-1-3-10-17)20-13-5-4-11-18(20)19-12-8-16-26-19;/h2*1-16H,(H,23,24,25);/q;;+2/p-2. The van der Waals surface area contributed by atoms with Gasteiger partial charge in [0.1, 0.15) is 31.8 Å². The molecule has 8 rings (SSSR count). The molecule has 6 aromatic carbocycles. The van der Waals surface area contributed by atoms with Gasteiger partial charge in [-0.15, -0.1) is 0 Å². The fraction of sp³-hybridized carbons (Fsp3) is 0. The van der Waals surface area contributed by atoms with Crippen molar-refractivity contribution in [3.8, 4) is 22.6 Å². The van der Waals surface area contributed by atoms with Crippen molar-refractivity contribution >= 4 is 67.9 Å². The maximum absolute atomic E-state index is 12.0. The molecule has 0 saturated carbocycles. The molecule has 8 nitrogen and oxygen atoms in total. The minimum Gasteiger partial charge on any atom is -0.744 e. The summed E-state index contributed by atoms with van der Waals surface area (Å²) in [4.78, 5) is -0.363. The van der Waals surface area contributed by atoms with Crippen molar-refractivity contribution in [1.29, 1.82) is 0 Å². The zero-order chi connectivity index (χ0) is 39.1. The second kappa shape index (κ2) is 18.5. The van der Waals surface area contributed by atoms with E-state index in [0.717, 1.165) is 32.3 Å². The molecule has 288 valence electrons. The average Bonchev–Trinajstić information content (AvgIpc) is 3.96. The molecule has 2 heterocycles. The Morgan fingerprint density at radius 2 is 0.684 bits per heavy atom. The topological polar surface area (TPSA) is 141 Å². The molecule has 0 spiro atoms. The smallest absolute Gasteiger partial charge is 0.744 e. The first-order chi connectivity index (χ1) is 27.1. The van der Waals surface area contributed by atoms with E-state index in [1.807, 2.05) is 133 Å². The van der Waals surface area contributed by atoms with E-state index in [4.69, 9.17) is 8.83 Å². The zero-order valence-corrected chi connectivity index (χ0v) is 34.2. The van der Waals surface area contributed by atoms with Crippen LogP contribution in [0.1, 0.15) is 0 Å². The van der Waals surface area contributed by atoms with Crippen molar-refractivity contribution in [3.63, 3.8) is 0 Å². The molecule has 13 heteroatoms. The molecule has 0 radical (unpaired) electrons. The van der Waals surface area contributed by atoms with Gasteiger partial charge in [-0.05, 0) is 73.5 Å². The Morgan fingerprint density at radius 3 is 1.02 bits per heavy atom. The van der Waals surface area contributed by atoms with Crippen molar-refractivity contribution in [3.05, 3.63) is 195 Å². The van der Waals surface area contributed by atoms with E-state index in [1.165, 1.54) is 12.1 Å². The molecule has 0 saturated heterocycles. The van der Waals surface area contributed by atoms with Crippen LogP contribution in [0.3, 0.4) is 0 Å². The van der Waals surface area contributed by atoms with Crippen LogP contribution >= 0.6 is 15.8 Å². The van der Waals surface area contributed by atoms with Gasteiger partial charge in [-0.2, -0.15) is 0 Å². The first kappa shape index (κ1) is 41.7. The van der Waals surface area contributed by atoms with E-state index in [2.05, 4.69) is 0 Å². The van der Waals surface area contributed by atoms with Crippen LogP contribution in [-0.4, -0.2) is 25.9 Å². The van der Waals surface area contributed by atoms with Crippen LogP contribution in [-0.2, 0) is 36.7 Å². The SMILES string of the molecule is O=S(=O)([O-])c1ccccc1P(c1ccccc1)c1ccccc1-c1ccco1.O=S(=O)([O-])c1ccccc1P(c1ccccc1)c1ccccc1-c1ccco1.[Ni+2]. The van der Waals surface area contributed by atoms with Crippen molar-refractivity contribution in [1.82, 2.24) is 0 Å². The second-order valence-electron chi connectivity index (χ2n) is 12.2. The van der Waals surface area contributed by atoms with E-state index >= 15 is 0 Å². The predicted molar refractivity (Wildman–Crippen MR) is 222 cm³/mol. The average molecular weight is 874 g/mol. The van der Waals surface area contributed by atoms with E-state index in [-0.39, 0.29) is 26.3 Å². The quantitative estimate of drug-likeness (QED) is 0.0798. The molecule has 0 fully saturated rings. The van der Waals surface area contributed by atoms with Gasteiger partial charge in [0.2, 0.25) is 0 Å². The molecule has 0 bridgehead atoms. The molecule has 57 heavy (non-hydrogen) atoms. The van der Waals surface area contributed by atoms with Gasteiger partial charge in [0.15, 0.2) is 0 Å². The number of rotatable bonds is 10. The van der Waals surface area contributed by atoms with Crippen LogP contribution < -0.4 is 31.8 Å². The minimum absolute atomic E-state index is 0. The summed E-state index contributed by atoms with van der Waals surface area (Å²) < 4.78 is 83.0. The van der Waals surface area contributed by atoms with Gasteiger partial charge < -0.3 is 17.9 Å². The summed E-state index contributed by atoms with van der Waals surface area (Å²) in [5.41, 5.74) is 1.75. The molecule has 0 N–H and O–H groups in total. The fourth-order valence-electron chi connectivity index (χ4n) is 6.29. The largest absolute Gasteiger partial charge is 2.00 e. The third-order valence-electron chi connectivity index (χ3n) is 8.64. The van der Waals surface area contributed by atoms with Gasteiger partial charge >= 0.3 is 16.5 Å². The van der Waals surface area contributed by atoms with Gasteiger partial charge in [0.05, 0.1) is 22.3 Å². The van der Waals surface area contributed by atoms with Crippen molar-refractivity contribution in [2.45, 2.75) is 9.79 Å². The van der Waals surface area contributed by atoms with Gasteiger partial charge in [0.25, 0.3) is 0 Å². The Bertz CT molecular complexity index is 2570. The van der Waals surface area contributed by atoms with Gasteiger partial charge in [0, 0.05) is 21.7 Å². The van der Waals surface area contributed by atoms with Crippen molar-refractivity contribution in [2.75, 3.05) is 0 Å². The summed E-state index contributed by atoms with van der Waals surface area (Å²) in [5, 5.41) is 4.78. The molecule has 2 unspecified atom stereocenters. The van der Waals surface area contributed by atoms with E-state index in [1.54, 1.807) is 48.9 Å². The van der Waals surface area contributed by atoms with Crippen LogP contribution in [0.15, 0.2) is 213 Å². The second-order valence-corrected chi connectivity index (χ2v) is 19.2. The van der Waals surface area contributed by atoms with E-state index in [0.29, 0.717) is 22.1 Å². The molecular formula is C44H32NiO8P2S2. The maximum Gasteiger partial charge on any atom is 2.00 e. The Labute approximate surface area is 344 Å². The third-order valence-corrected chi connectivity index (χ3v) is 15.9. The Balaban J connectivity index is 0.000000189. The molecule has 0 amide bonds. The summed E-state index contributed by atoms with van der Waals surface area (Å²) in [6.45, 7) is 0. The fourth-order valence-corrected chi connectivity index (χ4v) is 13.6. The zero-order valence-electron chi connectivity index (χ0n) is 29.8. The summed E-state index contributed by atoms with van der Waals surface area (Å²) in [6.07, 6.45) is 3.21. The first-order valence-corrected chi connectivity index (χ1v) is 22.7. The first-order valence-electron chi connectivity index (χ1n) is 17.2. The summed E-state index contributed by atoms with van der Waals surface area (Å²) in [5.74, 6) is 1.39. The van der Waals surface area contributed by atoms with Crippen LogP contribution in [0, 0.1) is 0 Å². The van der Waals surface area contributed by atoms with Gasteiger partial charge in [-0.25, -0.2) is 16.8 Å². The molecule has 0 aliphatic carbocycles. The summed E-state index contributed by atoms with van der Waals surface area (Å²) >= 11 is 0. The van der Waals surface area contributed by atoms with Crippen molar-refractivity contribution in [2.24, 2.45) is 0 Å². The normalized spacial score (nSPS) is 12.4. The number of furan rings is 2. The van der Waals surface area contributed by atoms with Crippen LogP contribution in [0.2, 0.25) is 0 Å². The van der Waals surface area contributed by atoms with Crippen molar-refractivity contribution < 1.29 is 51.3 Å². The third kappa shape index (κ3) is 9.61. The summed E-state index contributed by atoms with van der Waals surface area (Å²) in [7, 11) is -11.8. The Morgan fingerprint density at radius 1 is 0.368 bits per heavy atom. The molecule has 0 aliphatic rings. The molecular weight excluding hydrogens is 841 g/mol. The Hall–Kier alpha value is -4.95. The number of hydrogen-bond acceptors (Lipinski definition) is 8. The maximum atomic E-state index is 12.0.